The average Bonchev–Trinajstić information content (AvgIpc) is 3.23. The lowest BCUT2D eigenvalue weighted by Crippen LogP contribution is -2.38. The number of nitrogens with zero attached hydrogens (tertiary/aromatic N) is 3. The Morgan fingerprint density at radius 3 is 2.90 bits per heavy atom. The van der Waals surface area contributed by atoms with Gasteiger partial charge >= 0.3 is 0 Å². The molecule has 2 fully saturated rings. The summed E-state index contributed by atoms with van der Waals surface area (Å²) >= 11 is 0. The van der Waals surface area contributed by atoms with Gasteiger partial charge in [-0.25, -0.2) is 0 Å². The number of anilines is 1. The Balaban J connectivity index is 1.72. The largest absolute Gasteiger partial charge is 0.377 e. The maximum Gasteiger partial charge on any atom is 0.232 e. The molecule has 2 aliphatic rings. The van der Waals surface area contributed by atoms with Gasteiger partial charge in [-0.2, -0.15) is 0 Å². The van der Waals surface area contributed by atoms with Crippen LogP contribution in [-0.4, -0.2) is 33.4 Å². The van der Waals surface area contributed by atoms with E-state index in [0.717, 1.165) is 44.5 Å². The van der Waals surface area contributed by atoms with Crippen LogP contribution in [0.3, 0.4) is 0 Å². The molecule has 0 spiro atoms. The Morgan fingerprint density at radius 1 is 1.40 bits per heavy atom. The Labute approximate surface area is 118 Å². The van der Waals surface area contributed by atoms with E-state index in [1.807, 2.05) is 11.5 Å². The molecule has 1 N–H and O–H groups in total. The van der Waals surface area contributed by atoms with E-state index < -0.39 is 0 Å². The summed E-state index contributed by atoms with van der Waals surface area (Å²) in [5, 5.41) is 11.1. The van der Waals surface area contributed by atoms with Crippen molar-refractivity contribution in [2.45, 2.75) is 58.1 Å². The van der Waals surface area contributed by atoms with Crippen molar-refractivity contribution in [2.24, 2.45) is 5.92 Å². The van der Waals surface area contributed by atoms with Gasteiger partial charge in [0.05, 0.1) is 12.0 Å². The number of aryl methyl sites for hydroxylation is 1. The van der Waals surface area contributed by atoms with Crippen molar-refractivity contribution in [3.8, 4) is 0 Å². The van der Waals surface area contributed by atoms with Crippen LogP contribution in [0.25, 0.3) is 0 Å². The highest BCUT2D eigenvalue weighted by Gasteiger charge is 2.33. The van der Waals surface area contributed by atoms with E-state index in [1.165, 1.54) is 0 Å². The summed E-state index contributed by atoms with van der Waals surface area (Å²) in [5.41, 5.74) is 0. The fourth-order valence-corrected chi connectivity index (χ4v) is 2.97. The second kappa shape index (κ2) is 5.52. The lowest BCUT2D eigenvalue weighted by Gasteiger charge is -2.29. The maximum atomic E-state index is 12.5. The highest BCUT2D eigenvalue weighted by Crippen LogP contribution is 2.38. The molecule has 3 rings (SSSR count). The third kappa shape index (κ3) is 2.57. The monoisotopic (exact) mass is 278 g/mol. The van der Waals surface area contributed by atoms with Gasteiger partial charge in [-0.3, -0.25) is 14.7 Å². The molecule has 6 nitrogen and oxygen atoms in total. The van der Waals surface area contributed by atoms with Crippen molar-refractivity contribution < 1.29 is 9.53 Å². The van der Waals surface area contributed by atoms with E-state index in [-0.39, 0.29) is 17.9 Å². The van der Waals surface area contributed by atoms with E-state index in [4.69, 9.17) is 4.74 Å². The first kappa shape index (κ1) is 13.5. The minimum atomic E-state index is -0.0709. The summed E-state index contributed by atoms with van der Waals surface area (Å²) in [6, 6.07) is 0.463. The van der Waals surface area contributed by atoms with E-state index in [1.54, 1.807) is 0 Å². The van der Waals surface area contributed by atoms with Crippen molar-refractivity contribution >= 4 is 11.9 Å². The maximum absolute atomic E-state index is 12.5. The summed E-state index contributed by atoms with van der Waals surface area (Å²) in [5.74, 6) is 1.41. The minimum absolute atomic E-state index is 0.0193. The molecule has 110 valence electrons. The summed E-state index contributed by atoms with van der Waals surface area (Å²) in [7, 11) is 0. The number of hydrogen-bond donors (Lipinski definition) is 1. The van der Waals surface area contributed by atoms with Gasteiger partial charge in [-0.15, -0.1) is 10.2 Å². The lowest BCUT2D eigenvalue weighted by molar-refractivity contribution is -0.129. The number of amides is 1. The number of carbonyl (C=O) groups is 1. The molecule has 1 aromatic heterocycles. The fourth-order valence-electron chi connectivity index (χ4n) is 2.97. The molecular weight excluding hydrogens is 256 g/mol. The summed E-state index contributed by atoms with van der Waals surface area (Å²) in [4.78, 5) is 12.5. The number of rotatable bonds is 4. The minimum Gasteiger partial charge on any atom is -0.377 e. The standard InChI is InChI=1S/C14H22N4O2/c1-3-12-11(5-4-8-20-12)13(19)15-14-17-16-9(2)18(14)10-6-7-10/h10-12H,3-8H2,1-2H3,(H,15,17,19)/t11-,12-/m0/s1. The van der Waals surface area contributed by atoms with Gasteiger partial charge in [-0.05, 0) is 39.0 Å². The van der Waals surface area contributed by atoms with Crippen molar-refractivity contribution in [1.29, 1.82) is 0 Å². The van der Waals surface area contributed by atoms with Crippen LogP contribution >= 0.6 is 0 Å². The molecule has 6 heteroatoms. The normalized spacial score (nSPS) is 26.5. The van der Waals surface area contributed by atoms with Crippen molar-refractivity contribution in [2.75, 3.05) is 11.9 Å². The first-order chi connectivity index (χ1) is 9.70. The Morgan fingerprint density at radius 2 is 2.20 bits per heavy atom. The van der Waals surface area contributed by atoms with Gasteiger partial charge in [0, 0.05) is 12.6 Å². The zero-order chi connectivity index (χ0) is 14.1. The van der Waals surface area contributed by atoms with Crippen molar-refractivity contribution in [3.63, 3.8) is 0 Å². The van der Waals surface area contributed by atoms with Gasteiger partial charge in [0.15, 0.2) is 0 Å². The van der Waals surface area contributed by atoms with Gasteiger partial charge in [0.2, 0.25) is 11.9 Å². The average molecular weight is 278 g/mol. The molecule has 1 saturated carbocycles. The molecular formula is C14H22N4O2. The van der Waals surface area contributed by atoms with Crippen molar-refractivity contribution in [1.82, 2.24) is 14.8 Å². The van der Waals surface area contributed by atoms with E-state index in [2.05, 4.69) is 22.4 Å². The van der Waals surface area contributed by atoms with Crippen LogP contribution in [-0.2, 0) is 9.53 Å². The predicted octanol–water partition coefficient (Wildman–Crippen LogP) is 2.07. The fraction of sp³-hybridized carbons (Fsp3) is 0.786. The molecule has 0 unspecified atom stereocenters. The molecule has 1 saturated heterocycles. The second-order valence-corrected chi connectivity index (χ2v) is 5.73. The molecule has 2 heterocycles. The first-order valence-electron chi connectivity index (χ1n) is 7.54. The predicted molar refractivity (Wildman–Crippen MR) is 74.4 cm³/mol. The Hall–Kier alpha value is -1.43. The summed E-state index contributed by atoms with van der Waals surface area (Å²) in [6.45, 7) is 4.76. The van der Waals surface area contributed by atoms with Gasteiger partial charge in [-0.1, -0.05) is 6.92 Å². The molecule has 1 aliphatic carbocycles. The van der Waals surface area contributed by atoms with Gasteiger partial charge in [0.25, 0.3) is 0 Å². The highest BCUT2D eigenvalue weighted by molar-refractivity contribution is 5.91. The van der Waals surface area contributed by atoms with E-state index in [9.17, 15) is 4.79 Å². The molecule has 0 bridgehead atoms. The molecule has 1 aromatic rings. The van der Waals surface area contributed by atoms with Gasteiger partial charge < -0.3 is 4.74 Å². The third-order valence-electron chi connectivity index (χ3n) is 4.19. The van der Waals surface area contributed by atoms with Crippen LogP contribution in [0.2, 0.25) is 0 Å². The van der Waals surface area contributed by atoms with Gasteiger partial charge in [0.1, 0.15) is 5.82 Å². The Kier molecular flexibility index (Phi) is 3.74. The zero-order valence-electron chi connectivity index (χ0n) is 12.1. The second-order valence-electron chi connectivity index (χ2n) is 5.73. The highest BCUT2D eigenvalue weighted by atomic mass is 16.5. The zero-order valence-corrected chi connectivity index (χ0v) is 12.1. The van der Waals surface area contributed by atoms with E-state index >= 15 is 0 Å². The smallest absolute Gasteiger partial charge is 0.232 e. The summed E-state index contributed by atoms with van der Waals surface area (Å²) < 4.78 is 7.73. The van der Waals surface area contributed by atoms with E-state index in [0.29, 0.717) is 12.0 Å². The topological polar surface area (TPSA) is 69.0 Å². The lowest BCUT2D eigenvalue weighted by atomic mass is 9.92. The SMILES string of the molecule is CC[C@@H]1OCCC[C@@H]1C(=O)Nc1nnc(C)n1C1CC1. The van der Waals surface area contributed by atoms with Crippen LogP contribution in [0.15, 0.2) is 0 Å². The molecule has 1 aliphatic heterocycles. The van der Waals surface area contributed by atoms with Crippen LogP contribution < -0.4 is 5.32 Å². The van der Waals surface area contributed by atoms with Crippen LogP contribution in [0.1, 0.15) is 50.9 Å². The number of nitrogens with one attached hydrogen (secondary N) is 1. The number of hydrogen-bond acceptors (Lipinski definition) is 4. The molecule has 2 atom stereocenters. The first-order valence-corrected chi connectivity index (χ1v) is 7.54. The number of carbonyl (C=O) groups excluding carboxylic acids is 1. The summed E-state index contributed by atoms with van der Waals surface area (Å²) in [6.07, 6.45) is 5.02. The van der Waals surface area contributed by atoms with Crippen LogP contribution in [0, 0.1) is 12.8 Å². The third-order valence-corrected chi connectivity index (χ3v) is 4.19. The van der Waals surface area contributed by atoms with Crippen LogP contribution in [0.4, 0.5) is 5.95 Å². The quantitative estimate of drug-likeness (QED) is 0.915. The molecule has 1 amide bonds. The number of aromatic nitrogens is 3. The van der Waals surface area contributed by atoms with Crippen molar-refractivity contribution in [3.05, 3.63) is 5.82 Å². The van der Waals surface area contributed by atoms with Crippen LogP contribution in [0.5, 0.6) is 0 Å². The molecule has 0 aromatic carbocycles. The molecule has 20 heavy (non-hydrogen) atoms. The number of ether oxygens (including phenoxy) is 1. The molecule has 0 radical (unpaired) electrons. The Bertz CT molecular complexity index is 495.